The monoisotopic (exact) mass is 374 g/mol. The second-order valence-corrected chi connectivity index (χ2v) is 9.27. The third kappa shape index (κ3) is 3.13. The van der Waals surface area contributed by atoms with Crippen molar-refractivity contribution in [2.45, 2.75) is 49.2 Å². The Bertz CT molecular complexity index is 741. The maximum atomic E-state index is 12.9. The molecule has 4 aliphatic carbocycles. The van der Waals surface area contributed by atoms with Crippen LogP contribution in [0, 0.1) is 23.6 Å². The highest BCUT2D eigenvalue weighted by Crippen LogP contribution is 2.60. The van der Waals surface area contributed by atoms with Crippen molar-refractivity contribution in [1.82, 2.24) is 10.2 Å². The van der Waals surface area contributed by atoms with Gasteiger partial charge in [-0.2, -0.15) is 0 Å². The van der Waals surface area contributed by atoms with E-state index >= 15 is 0 Å². The highest BCUT2D eigenvalue weighted by atomic mass is 32.2. The molecule has 0 atom stereocenters. The van der Waals surface area contributed by atoms with E-state index in [0.29, 0.717) is 17.6 Å². The molecule has 4 nitrogen and oxygen atoms in total. The van der Waals surface area contributed by atoms with Gasteiger partial charge in [0.2, 0.25) is 5.89 Å². The maximum Gasteiger partial charge on any atom is 0.276 e. The maximum absolute atomic E-state index is 12.9. The summed E-state index contributed by atoms with van der Waals surface area (Å²) in [6.45, 7) is 0.519. The number of thioether (sulfide) groups is 1. The smallest absolute Gasteiger partial charge is 0.276 e. The Morgan fingerprint density at radius 3 is 2.35 bits per heavy atom. The lowest BCUT2D eigenvalue weighted by atomic mass is 9.49. The van der Waals surface area contributed by atoms with Gasteiger partial charge in [-0.15, -0.1) is 10.2 Å². The van der Waals surface area contributed by atoms with Crippen LogP contribution in [0.15, 0.2) is 33.9 Å². The number of halogens is 1. The molecule has 1 aromatic heterocycles. The minimum Gasteiger partial charge on any atom is -0.493 e. The van der Waals surface area contributed by atoms with Crippen molar-refractivity contribution in [2.75, 3.05) is 12.4 Å². The van der Waals surface area contributed by atoms with E-state index in [9.17, 15) is 4.39 Å². The van der Waals surface area contributed by atoms with Gasteiger partial charge in [0, 0.05) is 11.2 Å². The number of aromatic nitrogens is 2. The van der Waals surface area contributed by atoms with E-state index < -0.39 is 0 Å². The minimum atomic E-state index is -0.255. The highest BCUT2D eigenvalue weighted by Gasteiger charge is 2.54. The minimum absolute atomic E-state index is 0.158. The van der Waals surface area contributed by atoms with Gasteiger partial charge in [-0.3, -0.25) is 0 Å². The Labute approximate surface area is 156 Å². The molecule has 4 fully saturated rings. The number of rotatable bonds is 6. The Morgan fingerprint density at radius 1 is 1.04 bits per heavy atom. The second kappa shape index (κ2) is 6.55. The number of hydrogen-bond donors (Lipinski definition) is 0. The Hall–Kier alpha value is -1.56. The summed E-state index contributed by atoms with van der Waals surface area (Å²) in [7, 11) is 0. The van der Waals surface area contributed by atoms with Crippen molar-refractivity contribution in [2.24, 2.45) is 17.8 Å². The molecule has 6 rings (SSSR count). The summed E-state index contributed by atoms with van der Waals surface area (Å²) in [6, 6.07) is 6.08. The standard InChI is InChI=1S/C20H23FN2O2S/c21-16-1-3-17(4-2-16)24-5-6-26-19-23-22-18(25-19)20-10-13-7-14(11-20)9-15(8-13)12-20/h1-4,13-15H,5-12H2. The third-order valence-corrected chi connectivity index (χ3v) is 7.07. The first-order valence-electron chi connectivity index (χ1n) is 9.54. The summed E-state index contributed by atoms with van der Waals surface area (Å²) >= 11 is 1.53. The molecule has 0 unspecified atom stereocenters. The summed E-state index contributed by atoms with van der Waals surface area (Å²) in [5.74, 6) is 4.62. The van der Waals surface area contributed by atoms with Crippen LogP contribution in [0.1, 0.15) is 44.4 Å². The number of nitrogens with zero attached hydrogens (tertiary/aromatic N) is 2. The molecule has 6 heteroatoms. The third-order valence-electron chi connectivity index (χ3n) is 6.29. The van der Waals surface area contributed by atoms with Gasteiger partial charge in [0.25, 0.3) is 5.22 Å². The molecule has 26 heavy (non-hydrogen) atoms. The van der Waals surface area contributed by atoms with Crippen LogP contribution in [0.25, 0.3) is 0 Å². The first kappa shape index (κ1) is 16.6. The molecule has 0 spiro atoms. The van der Waals surface area contributed by atoms with Crippen LogP contribution in [0.5, 0.6) is 5.75 Å². The molecule has 4 aliphatic rings. The molecular formula is C20H23FN2O2S. The molecule has 138 valence electrons. The molecule has 4 saturated carbocycles. The van der Waals surface area contributed by atoms with Gasteiger partial charge < -0.3 is 9.15 Å². The number of ether oxygens (including phenoxy) is 1. The summed E-state index contributed by atoms with van der Waals surface area (Å²) in [5, 5.41) is 9.34. The lowest BCUT2D eigenvalue weighted by molar-refractivity contribution is -0.0191. The van der Waals surface area contributed by atoms with E-state index in [0.717, 1.165) is 29.4 Å². The van der Waals surface area contributed by atoms with Crippen LogP contribution in [0.3, 0.4) is 0 Å². The Morgan fingerprint density at radius 2 is 1.69 bits per heavy atom. The zero-order valence-corrected chi connectivity index (χ0v) is 15.5. The van der Waals surface area contributed by atoms with E-state index in [-0.39, 0.29) is 11.2 Å². The summed E-state index contributed by atoms with van der Waals surface area (Å²) in [4.78, 5) is 0. The topological polar surface area (TPSA) is 48.2 Å². The molecule has 0 amide bonds. The molecular weight excluding hydrogens is 351 g/mol. The normalized spacial score (nSPS) is 32.1. The second-order valence-electron chi connectivity index (χ2n) is 8.22. The van der Waals surface area contributed by atoms with Gasteiger partial charge >= 0.3 is 0 Å². The highest BCUT2D eigenvalue weighted by molar-refractivity contribution is 7.99. The van der Waals surface area contributed by atoms with E-state index in [1.807, 2.05) is 0 Å². The molecule has 0 aliphatic heterocycles. The van der Waals surface area contributed by atoms with Gasteiger partial charge in [-0.25, -0.2) is 4.39 Å². The zero-order valence-electron chi connectivity index (χ0n) is 14.7. The van der Waals surface area contributed by atoms with Crippen molar-refractivity contribution < 1.29 is 13.5 Å². The Balaban J connectivity index is 1.18. The van der Waals surface area contributed by atoms with Crippen molar-refractivity contribution >= 4 is 11.8 Å². The van der Waals surface area contributed by atoms with Gasteiger partial charge in [0.05, 0.1) is 6.61 Å². The van der Waals surface area contributed by atoms with E-state index in [1.165, 1.54) is 62.4 Å². The van der Waals surface area contributed by atoms with Crippen LogP contribution in [-0.4, -0.2) is 22.6 Å². The molecule has 0 saturated heterocycles. The number of benzene rings is 1. The fourth-order valence-corrected chi connectivity index (χ4v) is 6.25. The molecule has 0 N–H and O–H groups in total. The van der Waals surface area contributed by atoms with E-state index in [2.05, 4.69) is 10.2 Å². The zero-order chi connectivity index (χ0) is 17.6. The predicted octanol–water partition coefficient (Wildman–Crippen LogP) is 4.85. The van der Waals surface area contributed by atoms with E-state index in [4.69, 9.17) is 9.15 Å². The summed E-state index contributed by atoms with van der Waals surface area (Å²) < 4.78 is 24.6. The largest absolute Gasteiger partial charge is 0.493 e. The molecule has 2 aromatic rings. The van der Waals surface area contributed by atoms with Gasteiger partial charge in [0.15, 0.2) is 0 Å². The van der Waals surface area contributed by atoms with Crippen molar-refractivity contribution in [1.29, 1.82) is 0 Å². The Kier molecular flexibility index (Phi) is 4.18. The number of hydrogen-bond acceptors (Lipinski definition) is 5. The van der Waals surface area contributed by atoms with Crippen molar-refractivity contribution in [3.63, 3.8) is 0 Å². The van der Waals surface area contributed by atoms with Crippen LogP contribution in [0.2, 0.25) is 0 Å². The van der Waals surface area contributed by atoms with E-state index in [1.54, 1.807) is 12.1 Å². The molecule has 1 aromatic carbocycles. The van der Waals surface area contributed by atoms with Gasteiger partial charge in [0.1, 0.15) is 11.6 Å². The van der Waals surface area contributed by atoms with Crippen LogP contribution in [0.4, 0.5) is 4.39 Å². The SMILES string of the molecule is Fc1ccc(OCCSc2nnc(C34CC5CC(CC(C5)C3)C4)o2)cc1. The fraction of sp³-hybridized carbons (Fsp3) is 0.600. The van der Waals surface area contributed by atoms with Gasteiger partial charge in [-0.1, -0.05) is 11.8 Å². The average molecular weight is 374 g/mol. The van der Waals surface area contributed by atoms with Crippen LogP contribution in [-0.2, 0) is 5.41 Å². The first-order chi connectivity index (χ1) is 12.7. The molecule has 0 radical (unpaired) electrons. The lowest BCUT2D eigenvalue weighted by Crippen LogP contribution is -2.48. The summed E-state index contributed by atoms with van der Waals surface area (Å²) in [5.41, 5.74) is 0.158. The predicted molar refractivity (Wildman–Crippen MR) is 96.8 cm³/mol. The first-order valence-corrected chi connectivity index (χ1v) is 10.5. The quantitative estimate of drug-likeness (QED) is 0.534. The van der Waals surface area contributed by atoms with Crippen molar-refractivity contribution in [3.8, 4) is 5.75 Å². The molecule has 1 heterocycles. The van der Waals surface area contributed by atoms with Gasteiger partial charge in [-0.05, 0) is 80.5 Å². The fourth-order valence-electron chi connectivity index (χ4n) is 5.67. The van der Waals surface area contributed by atoms with Crippen molar-refractivity contribution in [3.05, 3.63) is 36.0 Å². The average Bonchev–Trinajstić information content (AvgIpc) is 3.09. The van der Waals surface area contributed by atoms with Crippen LogP contribution < -0.4 is 4.74 Å². The summed E-state index contributed by atoms with van der Waals surface area (Å²) in [6.07, 6.45) is 7.94. The lowest BCUT2D eigenvalue weighted by Gasteiger charge is -2.55. The molecule has 4 bridgehead atoms. The van der Waals surface area contributed by atoms with Crippen LogP contribution >= 0.6 is 11.8 Å².